The van der Waals surface area contributed by atoms with E-state index in [-0.39, 0.29) is 5.91 Å². The van der Waals surface area contributed by atoms with Crippen LogP contribution in [0, 0.1) is 0 Å². The number of amides is 1. The van der Waals surface area contributed by atoms with Crippen LogP contribution in [-0.4, -0.2) is 18.6 Å². The molecule has 0 saturated heterocycles. The number of hydrogen-bond acceptors (Lipinski definition) is 4. The smallest absolute Gasteiger partial charge is 0.248 e. The van der Waals surface area contributed by atoms with Crippen molar-refractivity contribution in [3.05, 3.63) is 59.0 Å². The van der Waals surface area contributed by atoms with Crippen molar-refractivity contribution in [2.24, 2.45) is 0 Å². The number of anilines is 1. The fraction of sp³-hybridized carbons (Fsp3) is 0.381. The Hall–Kier alpha value is -1.96. The third-order valence-electron chi connectivity index (χ3n) is 5.59. The Balaban J connectivity index is 1.47. The SMILES string of the molecule is C=CC(=O)Nc1cc2c(s1)CN(S(=O)(=O)c1ccc(C3CCCCC3)cc1)C2. The Labute approximate surface area is 170 Å². The highest BCUT2D eigenvalue weighted by atomic mass is 32.2. The molecule has 0 atom stereocenters. The summed E-state index contributed by atoms with van der Waals surface area (Å²) in [5.74, 6) is 0.302. The molecule has 1 amide bonds. The maximum Gasteiger partial charge on any atom is 0.248 e. The van der Waals surface area contributed by atoms with Crippen LogP contribution in [0.4, 0.5) is 5.00 Å². The first kappa shape index (κ1) is 19.4. The molecule has 1 saturated carbocycles. The van der Waals surface area contributed by atoms with Gasteiger partial charge in [-0.15, -0.1) is 11.3 Å². The van der Waals surface area contributed by atoms with E-state index in [0.717, 1.165) is 15.4 Å². The number of nitrogens with one attached hydrogen (secondary N) is 1. The van der Waals surface area contributed by atoms with Crippen molar-refractivity contribution in [3.8, 4) is 0 Å². The van der Waals surface area contributed by atoms with Crippen molar-refractivity contribution in [1.82, 2.24) is 4.31 Å². The maximum atomic E-state index is 13.0. The summed E-state index contributed by atoms with van der Waals surface area (Å²) in [7, 11) is -3.53. The van der Waals surface area contributed by atoms with Crippen LogP contribution in [0.1, 0.15) is 54.0 Å². The zero-order valence-electron chi connectivity index (χ0n) is 15.7. The predicted octanol–water partition coefficient (Wildman–Crippen LogP) is 4.62. The van der Waals surface area contributed by atoms with Crippen molar-refractivity contribution >= 4 is 32.3 Å². The third-order valence-corrected chi connectivity index (χ3v) is 8.47. The lowest BCUT2D eigenvalue weighted by molar-refractivity contribution is -0.111. The highest BCUT2D eigenvalue weighted by Crippen LogP contribution is 2.37. The summed E-state index contributed by atoms with van der Waals surface area (Å²) in [6.07, 6.45) is 7.44. The van der Waals surface area contributed by atoms with Crippen molar-refractivity contribution < 1.29 is 13.2 Å². The van der Waals surface area contributed by atoms with Gasteiger partial charge in [-0.05, 0) is 54.2 Å². The van der Waals surface area contributed by atoms with Gasteiger partial charge in [0.2, 0.25) is 15.9 Å². The summed E-state index contributed by atoms with van der Waals surface area (Å²) < 4.78 is 27.6. The lowest BCUT2D eigenvalue weighted by atomic mass is 9.84. The largest absolute Gasteiger partial charge is 0.314 e. The highest BCUT2D eigenvalue weighted by Gasteiger charge is 2.32. The van der Waals surface area contributed by atoms with Gasteiger partial charge in [-0.3, -0.25) is 4.79 Å². The van der Waals surface area contributed by atoms with E-state index in [4.69, 9.17) is 0 Å². The van der Waals surface area contributed by atoms with E-state index in [0.29, 0.717) is 23.9 Å². The van der Waals surface area contributed by atoms with Crippen LogP contribution in [0.3, 0.4) is 0 Å². The molecule has 2 aromatic rings. The number of nitrogens with zero attached hydrogens (tertiary/aromatic N) is 1. The molecule has 2 heterocycles. The van der Waals surface area contributed by atoms with Crippen molar-refractivity contribution in [3.63, 3.8) is 0 Å². The number of carbonyl (C=O) groups excluding carboxylic acids is 1. The number of hydrogen-bond donors (Lipinski definition) is 1. The third kappa shape index (κ3) is 3.79. The van der Waals surface area contributed by atoms with E-state index in [2.05, 4.69) is 11.9 Å². The molecule has 1 aromatic carbocycles. The second-order valence-electron chi connectivity index (χ2n) is 7.43. The zero-order chi connectivity index (χ0) is 19.7. The van der Waals surface area contributed by atoms with Crippen molar-refractivity contribution in [2.45, 2.75) is 56.0 Å². The van der Waals surface area contributed by atoms with E-state index < -0.39 is 10.0 Å². The fourth-order valence-corrected chi connectivity index (χ4v) is 6.60. The molecule has 4 rings (SSSR count). The number of fused-ring (bicyclic) bond motifs is 1. The van der Waals surface area contributed by atoms with Gasteiger partial charge in [-0.1, -0.05) is 38.0 Å². The minimum atomic E-state index is -3.53. The average Bonchev–Trinajstić information content (AvgIpc) is 3.28. The van der Waals surface area contributed by atoms with E-state index in [1.807, 2.05) is 18.2 Å². The lowest BCUT2D eigenvalue weighted by Gasteiger charge is -2.22. The second kappa shape index (κ2) is 7.81. The fourth-order valence-electron chi connectivity index (χ4n) is 4.04. The molecule has 0 unspecified atom stereocenters. The molecule has 28 heavy (non-hydrogen) atoms. The Morgan fingerprint density at radius 2 is 1.86 bits per heavy atom. The van der Waals surface area contributed by atoms with Gasteiger partial charge in [0.15, 0.2) is 0 Å². The van der Waals surface area contributed by atoms with Crippen LogP contribution >= 0.6 is 11.3 Å². The van der Waals surface area contributed by atoms with Gasteiger partial charge >= 0.3 is 0 Å². The van der Waals surface area contributed by atoms with Gasteiger partial charge < -0.3 is 5.32 Å². The molecular formula is C21H24N2O3S2. The summed E-state index contributed by atoms with van der Waals surface area (Å²) in [5.41, 5.74) is 2.20. The maximum absolute atomic E-state index is 13.0. The number of benzene rings is 1. The molecular weight excluding hydrogens is 392 g/mol. The standard InChI is InChI=1S/C21H24N2O3S2/c1-2-20(24)22-21-12-17-13-23(14-19(17)27-21)28(25,26)18-10-8-16(9-11-18)15-6-4-3-5-7-15/h2,8-12,15H,1,3-7,13-14H2,(H,22,24). The highest BCUT2D eigenvalue weighted by molar-refractivity contribution is 7.89. The van der Waals surface area contributed by atoms with Crippen LogP contribution in [-0.2, 0) is 27.9 Å². The van der Waals surface area contributed by atoms with Crippen molar-refractivity contribution in [1.29, 1.82) is 0 Å². The van der Waals surface area contributed by atoms with Gasteiger partial charge in [-0.25, -0.2) is 8.42 Å². The Morgan fingerprint density at radius 1 is 1.14 bits per heavy atom. The van der Waals surface area contributed by atoms with Crippen LogP contribution in [0.5, 0.6) is 0 Å². The van der Waals surface area contributed by atoms with Gasteiger partial charge in [0.1, 0.15) is 0 Å². The monoisotopic (exact) mass is 416 g/mol. The van der Waals surface area contributed by atoms with E-state index in [1.54, 1.807) is 12.1 Å². The normalized spacial score (nSPS) is 18.0. The molecule has 1 N–H and O–H groups in total. The second-order valence-corrected chi connectivity index (χ2v) is 10.5. The number of thiophene rings is 1. The molecule has 7 heteroatoms. The molecule has 5 nitrogen and oxygen atoms in total. The van der Waals surface area contributed by atoms with Gasteiger partial charge in [-0.2, -0.15) is 4.31 Å². The molecule has 148 valence electrons. The summed E-state index contributed by atoms with van der Waals surface area (Å²) >= 11 is 1.42. The van der Waals surface area contributed by atoms with Crippen LogP contribution < -0.4 is 5.32 Å². The van der Waals surface area contributed by atoms with Crippen molar-refractivity contribution in [2.75, 3.05) is 5.32 Å². The molecule has 0 spiro atoms. The molecule has 1 fully saturated rings. The summed E-state index contributed by atoms with van der Waals surface area (Å²) in [4.78, 5) is 12.8. The van der Waals surface area contributed by atoms with Gasteiger partial charge in [0, 0.05) is 18.0 Å². The quantitative estimate of drug-likeness (QED) is 0.723. The van der Waals surface area contributed by atoms with Gasteiger partial charge in [0.25, 0.3) is 0 Å². The average molecular weight is 417 g/mol. The minimum absolute atomic E-state index is 0.262. The summed E-state index contributed by atoms with van der Waals surface area (Å²) in [5, 5.41) is 3.46. The van der Waals surface area contributed by atoms with Crippen LogP contribution in [0.15, 0.2) is 47.9 Å². The molecule has 1 aromatic heterocycles. The Morgan fingerprint density at radius 3 is 2.50 bits per heavy atom. The first-order chi connectivity index (χ1) is 13.5. The number of sulfonamides is 1. The first-order valence-corrected chi connectivity index (χ1v) is 11.9. The Bertz CT molecular complexity index is 964. The molecule has 2 aliphatic rings. The summed E-state index contributed by atoms with van der Waals surface area (Å²) in [6, 6.07) is 9.32. The molecule has 0 bridgehead atoms. The molecule has 1 aliphatic carbocycles. The minimum Gasteiger partial charge on any atom is -0.314 e. The van der Waals surface area contributed by atoms with E-state index >= 15 is 0 Å². The molecule has 1 aliphatic heterocycles. The van der Waals surface area contributed by atoms with E-state index in [1.165, 1.54) is 59.4 Å². The van der Waals surface area contributed by atoms with E-state index in [9.17, 15) is 13.2 Å². The number of rotatable bonds is 5. The number of carbonyl (C=O) groups is 1. The lowest BCUT2D eigenvalue weighted by Crippen LogP contribution is -2.25. The first-order valence-electron chi connectivity index (χ1n) is 9.62. The Kier molecular flexibility index (Phi) is 5.40. The van der Waals surface area contributed by atoms with Crippen LogP contribution in [0.2, 0.25) is 0 Å². The topological polar surface area (TPSA) is 66.5 Å². The molecule has 0 radical (unpaired) electrons. The predicted molar refractivity (Wildman–Crippen MR) is 112 cm³/mol. The summed E-state index contributed by atoms with van der Waals surface area (Å²) in [6.45, 7) is 4.12. The van der Waals surface area contributed by atoms with Gasteiger partial charge in [0.05, 0.1) is 9.90 Å². The zero-order valence-corrected chi connectivity index (χ0v) is 17.3. The van der Waals surface area contributed by atoms with Crippen LogP contribution in [0.25, 0.3) is 0 Å².